The van der Waals surface area contributed by atoms with Gasteiger partial charge < -0.3 is 5.73 Å². The molecule has 0 aliphatic heterocycles. The van der Waals surface area contributed by atoms with Crippen LogP contribution in [0.1, 0.15) is 31.4 Å². The first-order chi connectivity index (χ1) is 7.13. The van der Waals surface area contributed by atoms with Crippen LogP contribution in [0.3, 0.4) is 0 Å². The molecule has 2 heteroatoms. The summed E-state index contributed by atoms with van der Waals surface area (Å²) in [7, 11) is 0. The topological polar surface area (TPSA) is 26.0 Å². The first kappa shape index (κ1) is 12.6. The van der Waals surface area contributed by atoms with E-state index >= 15 is 0 Å². The zero-order valence-corrected chi connectivity index (χ0v) is 10.7. The zero-order valence-electron chi connectivity index (χ0n) is 9.92. The predicted octanol–water partition coefficient (Wildman–Crippen LogP) is 3.39. The van der Waals surface area contributed by atoms with Gasteiger partial charge in [0, 0.05) is 10.9 Å². The van der Waals surface area contributed by atoms with E-state index in [1.807, 2.05) is 11.8 Å². The van der Waals surface area contributed by atoms with Crippen molar-refractivity contribution in [2.75, 3.05) is 5.75 Å². The molecule has 1 rings (SSSR count). The van der Waals surface area contributed by atoms with Crippen molar-refractivity contribution in [3.63, 3.8) is 0 Å². The maximum Gasteiger partial charge on any atom is 0.0105 e. The number of hydrogen-bond acceptors (Lipinski definition) is 2. The second-order valence-electron chi connectivity index (χ2n) is 4.14. The Kier molecular flexibility index (Phi) is 5.20. The molecule has 0 aliphatic rings. The molecule has 0 amide bonds. The molecule has 1 unspecified atom stereocenters. The largest absolute Gasteiger partial charge is 0.328 e. The molecule has 0 saturated heterocycles. The van der Waals surface area contributed by atoms with Crippen molar-refractivity contribution >= 4 is 11.8 Å². The van der Waals surface area contributed by atoms with Gasteiger partial charge in [0.05, 0.1) is 0 Å². The Hall–Kier alpha value is -0.470. The van der Waals surface area contributed by atoms with Gasteiger partial charge in [-0.1, -0.05) is 24.6 Å². The SMILES string of the molecule is CCCSc1ccc(C)cc1CC(C)N. The molecule has 0 bridgehead atoms. The third-order valence-corrected chi connectivity index (χ3v) is 3.54. The van der Waals surface area contributed by atoms with E-state index < -0.39 is 0 Å². The Morgan fingerprint density at radius 3 is 2.73 bits per heavy atom. The minimum atomic E-state index is 0.243. The van der Waals surface area contributed by atoms with Gasteiger partial charge in [-0.2, -0.15) is 0 Å². The molecule has 0 radical (unpaired) electrons. The van der Waals surface area contributed by atoms with E-state index in [0.717, 1.165) is 6.42 Å². The summed E-state index contributed by atoms with van der Waals surface area (Å²) in [4.78, 5) is 1.40. The Balaban J connectivity index is 2.82. The monoisotopic (exact) mass is 223 g/mol. The molecule has 0 fully saturated rings. The fourth-order valence-electron chi connectivity index (χ4n) is 1.57. The molecule has 0 heterocycles. The van der Waals surface area contributed by atoms with E-state index in [-0.39, 0.29) is 6.04 Å². The van der Waals surface area contributed by atoms with Gasteiger partial charge in [0.2, 0.25) is 0 Å². The average molecular weight is 223 g/mol. The molecular weight excluding hydrogens is 202 g/mol. The highest BCUT2D eigenvalue weighted by atomic mass is 32.2. The second-order valence-corrected chi connectivity index (χ2v) is 5.28. The third kappa shape index (κ3) is 4.27. The molecule has 1 atom stereocenters. The highest BCUT2D eigenvalue weighted by Gasteiger charge is 2.05. The normalized spacial score (nSPS) is 12.8. The van der Waals surface area contributed by atoms with Crippen molar-refractivity contribution in [3.8, 4) is 0 Å². The van der Waals surface area contributed by atoms with Gasteiger partial charge in [0.1, 0.15) is 0 Å². The van der Waals surface area contributed by atoms with E-state index in [9.17, 15) is 0 Å². The lowest BCUT2D eigenvalue weighted by molar-refractivity contribution is 0.729. The number of hydrogen-bond donors (Lipinski definition) is 1. The van der Waals surface area contributed by atoms with Crippen molar-refractivity contribution in [2.45, 2.75) is 44.6 Å². The first-order valence-corrected chi connectivity index (χ1v) is 6.60. The molecule has 1 aromatic rings. The predicted molar refractivity (Wildman–Crippen MR) is 69.5 cm³/mol. The van der Waals surface area contributed by atoms with Gasteiger partial charge >= 0.3 is 0 Å². The van der Waals surface area contributed by atoms with Crippen LogP contribution in [-0.2, 0) is 6.42 Å². The fraction of sp³-hybridized carbons (Fsp3) is 0.538. The van der Waals surface area contributed by atoms with Crippen LogP contribution < -0.4 is 5.73 Å². The standard InChI is InChI=1S/C13H21NS/c1-4-7-15-13-6-5-10(2)8-12(13)9-11(3)14/h5-6,8,11H,4,7,9,14H2,1-3H3. The lowest BCUT2D eigenvalue weighted by Gasteiger charge is -2.12. The maximum atomic E-state index is 5.86. The van der Waals surface area contributed by atoms with Crippen LogP contribution >= 0.6 is 11.8 Å². The average Bonchev–Trinajstić information content (AvgIpc) is 2.16. The molecule has 0 spiro atoms. The third-order valence-electron chi connectivity index (χ3n) is 2.22. The van der Waals surface area contributed by atoms with E-state index in [4.69, 9.17) is 5.73 Å². The van der Waals surface area contributed by atoms with Crippen LogP contribution in [0, 0.1) is 6.92 Å². The van der Waals surface area contributed by atoms with E-state index in [0.29, 0.717) is 0 Å². The van der Waals surface area contributed by atoms with Crippen molar-refractivity contribution < 1.29 is 0 Å². The van der Waals surface area contributed by atoms with Gasteiger partial charge in [-0.05, 0) is 44.1 Å². The second kappa shape index (κ2) is 6.19. The van der Waals surface area contributed by atoms with Crippen LogP contribution in [0.5, 0.6) is 0 Å². The number of thioether (sulfide) groups is 1. The molecule has 1 aromatic carbocycles. The summed E-state index contributed by atoms with van der Waals surface area (Å²) in [6.07, 6.45) is 2.20. The number of rotatable bonds is 5. The highest BCUT2D eigenvalue weighted by molar-refractivity contribution is 7.99. The number of benzene rings is 1. The van der Waals surface area contributed by atoms with Gasteiger partial charge in [0.15, 0.2) is 0 Å². The molecule has 84 valence electrons. The van der Waals surface area contributed by atoms with E-state index in [1.54, 1.807) is 0 Å². The lowest BCUT2D eigenvalue weighted by atomic mass is 10.1. The summed E-state index contributed by atoms with van der Waals surface area (Å²) in [6, 6.07) is 6.92. The molecule has 2 N–H and O–H groups in total. The van der Waals surface area contributed by atoms with Crippen LogP contribution in [0.2, 0.25) is 0 Å². The summed E-state index contributed by atoms with van der Waals surface area (Å²) in [5.41, 5.74) is 8.59. The minimum absolute atomic E-state index is 0.243. The lowest BCUT2D eigenvalue weighted by Crippen LogP contribution is -2.18. The molecule has 1 nitrogen and oxygen atoms in total. The van der Waals surface area contributed by atoms with Gasteiger partial charge in [0.25, 0.3) is 0 Å². The highest BCUT2D eigenvalue weighted by Crippen LogP contribution is 2.25. The zero-order chi connectivity index (χ0) is 11.3. The number of nitrogens with two attached hydrogens (primary N) is 1. The van der Waals surface area contributed by atoms with Gasteiger partial charge in [-0.15, -0.1) is 11.8 Å². The molecule has 0 saturated carbocycles. The maximum absolute atomic E-state index is 5.86. The minimum Gasteiger partial charge on any atom is -0.328 e. The molecule has 15 heavy (non-hydrogen) atoms. The van der Waals surface area contributed by atoms with Crippen molar-refractivity contribution in [3.05, 3.63) is 29.3 Å². The van der Waals surface area contributed by atoms with E-state index in [1.165, 1.54) is 28.2 Å². The van der Waals surface area contributed by atoms with Gasteiger partial charge in [-0.3, -0.25) is 0 Å². The Morgan fingerprint density at radius 1 is 1.40 bits per heavy atom. The smallest absolute Gasteiger partial charge is 0.0105 e. The summed E-state index contributed by atoms with van der Waals surface area (Å²) < 4.78 is 0. The fourth-order valence-corrected chi connectivity index (χ4v) is 2.48. The number of aryl methyl sites for hydroxylation is 1. The van der Waals surface area contributed by atoms with E-state index in [2.05, 4.69) is 39.0 Å². The summed E-state index contributed by atoms with van der Waals surface area (Å²) in [6.45, 7) is 6.42. The molecular formula is C13H21NS. The summed E-state index contributed by atoms with van der Waals surface area (Å²) >= 11 is 1.94. The van der Waals surface area contributed by atoms with Gasteiger partial charge in [-0.25, -0.2) is 0 Å². The Bertz CT molecular complexity index is 307. The van der Waals surface area contributed by atoms with Crippen LogP contribution in [-0.4, -0.2) is 11.8 Å². The van der Waals surface area contributed by atoms with Crippen molar-refractivity contribution in [1.29, 1.82) is 0 Å². The van der Waals surface area contributed by atoms with Crippen molar-refractivity contribution in [1.82, 2.24) is 0 Å². The quantitative estimate of drug-likeness (QED) is 0.774. The Morgan fingerprint density at radius 2 is 2.13 bits per heavy atom. The van der Waals surface area contributed by atoms with Crippen molar-refractivity contribution in [2.24, 2.45) is 5.73 Å². The van der Waals surface area contributed by atoms with Crippen LogP contribution in [0.15, 0.2) is 23.1 Å². The van der Waals surface area contributed by atoms with Crippen LogP contribution in [0.25, 0.3) is 0 Å². The summed E-state index contributed by atoms with van der Waals surface area (Å²) in [5.74, 6) is 1.19. The van der Waals surface area contributed by atoms with Crippen LogP contribution in [0.4, 0.5) is 0 Å². The summed E-state index contributed by atoms with van der Waals surface area (Å²) in [5, 5.41) is 0. The Labute approximate surface area is 97.4 Å². The molecule has 0 aliphatic carbocycles. The first-order valence-electron chi connectivity index (χ1n) is 5.61. The molecule has 0 aromatic heterocycles.